The van der Waals surface area contributed by atoms with Gasteiger partial charge in [0.15, 0.2) is 0 Å². The van der Waals surface area contributed by atoms with Crippen molar-refractivity contribution in [2.24, 2.45) is 0 Å². The lowest BCUT2D eigenvalue weighted by molar-refractivity contribution is -0.139. The van der Waals surface area contributed by atoms with Gasteiger partial charge >= 0.3 is 6.18 Å². The number of alkyl halides is 3. The zero-order valence-corrected chi connectivity index (χ0v) is 21.9. The molecule has 8 heteroatoms. The summed E-state index contributed by atoms with van der Waals surface area (Å²) in [4.78, 5) is -0.745. The zero-order chi connectivity index (χ0) is 26.8. The van der Waals surface area contributed by atoms with E-state index in [1.54, 1.807) is 26.0 Å². The number of hydrogen-bond donors (Lipinski definition) is 2. The molecule has 2 aromatic carbocycles. The first-order valence-electron chi connectivity index (χ1n) is 11.8. The third-order valence-corrected chi connectivity index (χ3v) is 8.32. The van der Waals surface area contributed by atoms with Gasteiger partial charge in [-0.1, -0.05) is 64.1 Å². The van der Waals surface area contributed by atoms with Gasteiger partial charge in [-0.3, -0.25) is 4.55 Å². The summed E-state index contributed by atoms with van der Waals surface area (Å²) in [5, 5.41) is 10.5. The molecule has 0 aliphatic carbocycles. The Labute approximate surface area is 206 Å². The molecular formula is C27H35F3O4S. The number of aliphatic hydroxyl groups is 1. The number of benzene rings is 2. The highest BCUT2D eigenvalue weighted by Crippen LogP contribution is 2.47. The van der Waals surface area contributed by atoms with Gasteiger partial charge in [-0.05, 0) is 73.4 Å². The summed E-state index contributed by atoms with van der Waals surface area (Å²) >= 11 is 0. The Morgan fingerprint density at radius 3 is 1.91 bits per heavy atom. The molecule has 0 saturated carbocycles. The van der Waals surface area contributed by atoms with Crippen LogP contribution in [0.5, 0.6) is 0 Å². The fourth-order valence-electron chi connectivity index (χ4n) is 4.82. The van der Waals surface area contributed by atoms with Crippen molar-refractivity contribution in [3.8, 4) is 0 Å². The summed E-state index contributed by atoms with van der Waals surface area (Å²) in [5.41, 5.74) is -1.14. The van der Waals surface area contributed by atoms with Gasteiger partial charge in [-0.15, -0.1) is 0 Å². The van der Waals surface area contributed by atoms with Crippen LogP contribution in [0.25, 0.3) is 6.08 Å². The van der Waals surface area contributed by atoms with Gasteiger partial charge in [0.05, 0.1) is 16.1 Å². The van der Waals surface area contributed by atoms with Gasteiger partial charge < -0.3 is 5.11 Å². The first-order valence-corrected chi connectivity index (χ1v) is 13.3. The quantitative estimate of drug-likeness (QED) is 0.347. The Morgan fingerprint density at radius 1 is 0.914 bits per heavy atom. The van der Waals surface area contributed by atoms with E-state index in [0.717, 1.165) is 24.1 Å². The van der Waals surface area contributed by atoms with E-state index >= 15 is 0 Å². The van der Waals surface area contributed by atoms with Crippen LogP contribution >= 0.6 is 0 Å². The van der Waals surface area contributed by atoms with Crippen LogP contribution in [0.1, 0.15) is 86.8 Å². The molecule has 4 nitrogen and oxygen atoms in total. The Hall–Kier alpha value is -2.16. The Kier molecular flexibility index (Phi) is 8.68. The molecule has 0 unspecified atom stereocenters. The minimum atomic E-state index is -4.82. The van der Waals surface area contributed by atoms with E-state index in [1.807, 2.05) is 39.0 Å². The second-order valence-corrected chi connectivity index (χ2v) is 10.5. The summed E-state index contributed by atoms with van der Waals surface area (Å²) in [6.07, 6.45) is 0.571. The van der Waals surface area contributed by atoms with E-state index in [1.165, 1.54) is 6.07 Å². The molecule has 0 aliphatic rings. The number of aryl methyl sites for hydroxylation is 1. The van der Waals surface area contributed by atoms with Crippen molar-refractivity contribution in [3.63, 3.8) is 0 Å². The van der Waals surface area contributed by atoms with Crippen LogP contribution in [0, 0.1) is 13.8 Å². The molecule has 194 valence electrons. The normalized spacial score (nSPS) is 13.6. The van der Waals surface area contributed by atoms with Crippen LogP contribution in [0.3, 0.4) is 0 Å². The maximum atomic E-state index is 14.3. The van der Waals surface area contributed by atoms with E-state index in [0.29, 0.717) is 31.2 Å². The topological polar surface area (TPSA) is 74.6 Å². The molecule has 0 radical (unpaired) electrons. The largest absolute Gasteiger partial charge is 0.417 e. The molecule has 0 saturated heterocycles. The minimum absolute atomic E-state index is 0.0195. The summed E-state index contributed by atoms with van der Waals surface area (Å²) < 4.78 is 75.9. The van der Waals surface area contributed by atoms with Gasteiger partial charge in [0.1, 0.15) is 0 Å². The minimum Gasteiger partial charge on any atom is -0.386 e. The predicted octanol–water partition coefficient (Wildman–Crippen LogP) is 7.24. The molecule has 0 amide bonds. The number of rotatable bonds is 9. The molecule has 0 aliphatic heterocycles. The molecule has 0 spiro atoms. The van der Waals surface area contributed by atoms with Crippen molar-refractivity contribution in [2.45, 2.75) is 89.3 Å². The second kappa shape index (κ2) is 10.4. The summed E-state index contributed by atoms with van der Waals surface area (Å²) in [6.45, 7) is 10.4. The lowest BCUT2D eigenvalue weighted by Crippen LogP contribution is -2.31. The van der Waals surface area contributed by atoms with E-state index in [4.69, 9.17) is 0 Å². The highest BCUT2D eigenvalue weighted by molar-refractivity contribution is 7.85. The van der Waals surface area contributed by atoms with Gasteiger partial charge in [-0.2, -0.15) is 21.6 Å². The van der Waals surface area contributed by atoms with Crippen LogP contribution in [0.15, 0.2) is 41.3 Å². The van der Waals surface area contributed by atoms with Crippen LogP contribution in [0.4, 0.5) is 13.2 Å². The van der Waals surface area contributed by atoms with Crippen molar-refractivity contribution < 1.29 is 31.2 Å². The Balaban J connectivity index is 2.78. The molecule has 0 heterocycles. The fourth-order valence-corrected chi connectivity index (χ4v) is 5.55. The van der Waals surface area contributed by atoms with E-state index in [-0.39, 0.29) is 5.56 Å². The molecule has 35 heavy (non-hydrogen) atoms. The van der Waals surface area contributed by atoms with Gasteiger partial charge in [0, 0.05) is 5.41 Å². The van der Waals surface area contributed by atoms with E-state index in [2.05, 4.69) is 0 Å². The number of halogens is 3. The maximum Gasteiger partial charge on any atom is 0.417 e. The smallest absolute Gasteiger partial charge is 0.386 e. The molecule has 0 fully saturated rings. The monoisotopic (exact) mass is 512 g/mol. The summed E-state index contributed by atoms with van der Waals surface area (Å²) in [6, 6.07) is 7.71. The van der Waals surface area contributed by atoms with E-state index in [9.17, 15) is 31.2 Å². The van der Waals surface area contributed by atoms with Crippen molar-refractivity contribution >= 4 is 16.2 Å². The summed E-state index contributed by atoms with van der Waals surface area (Å²) in [5.74, 6) is 0. The molecule has 0 bridgehead atoms. The first-order chi connectivity index (χ1) is 16.1. The van der Waals surface area contributed by atoms with Crippen LogP contribution in [0.2, 0.25) is 0 Å². The highest BCUT2D eigenvalue weighted by atomic mass is 32.2. The van der Waals surface area contributed by atoms with Crippen molar-refractivity contribution in [3.05, 3.63) is 69.8 Å². The van der Waals surface area contributed by atoms with Crippen LogP contribution in [-0.4, -0.2) is 23.7 Å². The van der Waals surface area contributed by atoms with Crippen LogP contribution < -0.4 is 0 Å². The fraction of sp³-hybridized carbons (Fsp3) is 0.481. The third kappa shape index (κ3) is 5.81. The zero-order valence-electron chi connectivity index (χ0n) is 21.1. The second-order valence-electron chi connectivity index (χ2n) is 9.09. The van der Waals surface area contributed by atoms with Crippen molar-refractivity contribution in [1.82, 2.24) is 0 Å². The number of hydrogen-bond acceptors (Lipinski definition) is 3. The molecule has 2 aromatic rings. The van der Waals surface area contributed by atoms with Gasteiger partial charge in [0.25, 0.3) is 10.1 Å². The Bertz CT molecular complexity index is 1190. The highest BCUT2D eigenvalue weighted by Gasteiger charge is 2.43. The van der Waals surface area contributed by atoms with Crippen molar-refractivity contribution in [2.75, 3.05) is 0 Å². The first kappa shape index (κ1) is 29.1. The van der Waals surface area contributed by atoms with Crippen molar-refractivity contribution in [1.29, 1.82) is 0 Å². The van der Waals surface area contributed by atoms with E-state index < -0.39 is 43.3 Å². The summed E-state index contributed by atoms with van der Waals surface area (Å²) in [7, 11) is -4.82. The molecule has 0 atom stereocenters. The average Bonchev–Trinajstić information content (AvgIpc) is 2.77. The van der Waals surface area contributed by atoms with Gasteiger partial charge in [0.2, 0.25) is 0 Å². The molecule has 2 N–H and O–H groups in total. The Morgan fingerprint density at radius 2 is 1.49 bits per heavy atom. The molecule has 0 aromatic heterocycles. The predicted molar refractivity (Wildman–Crippen MR) is 133 cm³/mol. The maximum absolute atomic E-state index is 14.3. The average molecular weight is 513 g/mol. The van der Waals surface area contributed by atoms with Gasteiger partial charge in [-0.25, -0.2) is 0 Å². The SMILES string of the molecule is CCC(O)(/C=C/c1ccc(C(CC)(CC)c2ccc(S(=O)(=O)O)c(C)c2C(F)(F)F)cc1C)CC. The lowest BCUT2D eigenvalue weighted by Gasteiger charge is -2.36. The lowest BCUT2D eigenvalue weighted by atomic mass is 9.68. The van der Waals surface area contributed by atoms with Crippen LogP contribution in [-0.2, 0) is 21.7 Å². The standard InChI is InChI=1S/C27H35F3O4S/c1-7-25(31,8-2)16-15-20-11-12-21(17-18(20)5)26(9-3,10-4)22-13-14-23(35(32,33)34)19(6)24(22)27(28,29)30/h11-17,31H,7-10H2,1-6H3,(H,32,33,34)/b16-15+. The molecular weight excluding hydrogens is 477 g/mol. The third-order valence-electron chi connectivity index (χ3n) is 7.32. The molecule has 2 rings (SSSR count).